The van der Waals surface area contributed by atoms with E-state index in [1.54, 1.807) is 0 Å². The van der Waals surface area contributed by atoms with Crippen molar-refractivity contribution >= 4 is 40.2 Å². The molecule has 2 rings (SSSR count). The van der Waals surface area contributed by atoms with Gasteiger partial charge in [0.05, 0.1) is 9.61 Å². The average molecular weight is 364 g/mol. The lowest BCUT2D eigenvalue weighted by Gasteiger charge is -2.30. The Morgan fingerprint density at radius 2 is 2.47 bits per heavy atom. The van der Waals surface area contributed by atoms with Gasteiger partial charge in [-0.1, -0.05) is 0 Å². The fourth-order valence-electron chi connectivity index (χ4n) is 1.79. The summed E-state index contributed by atoms with van der Waals surface area (Å²) in [5, 5.41) is 3.29. The SMILES string of the molecule is CCNc1nc(C2CSCCN2C)ncc1I. The van der Waals surface area contributed by atoms with Crippen LogP contribution in [-0.4, -0.2) is 46.5 Å². The zero-order valence-corrected chi connectivity index (χ0v) is 13.1. The molecule has 0 saturated carbocycles. The van der Waals surface area contributed by atoms with Gasteiger partial charge in [-0.15, -0.1) is 0 Å². The fraction of sp³-hybridized carbons (Fsp3) is 0.636. The Labute approximate surface area is 120 Å². The van der Waals surface area contributed by atoms with Crippen molar-refractivity contribution in [3.05, 3.63) is 15.6 Å². The van der Waals surface area contributed by atoms with Gasteiger partial charge in [-0.05, 0) is 36.6 Å². The quantitative estimate of drug-likeness (QED) is 0.834. The van der Waals surface area contributed by atoms with E-state index in [1.807, 2.05) is 18.0 Å². The number of halogens is 1. The summed E-state index contributed by atoms with van der Waals surface area (Å²) in [5.74, 6) is 4.19. The molecule has 0 radical (unpaired) electrons. The number of hydrogen-bond donors (Lipinski definition) is 1. The Bertz CT molecular complexity index is 388. The highest BCUT2D eigenvalue weighted by atomic mass is 127. The van der Waals surface area contributed by atoms with Crippen LogP contribution in [0.4, 0.5) is 5.82 Å². The molecule has 1 N–H and O–H groups in total. The summed E-state index contributed by atoms with van der Waals surface area (Å²) in [5.41, 5.74) is 0. The predicted molar refractivity (Wildman–Crippen MR) is 81.6 cm³/mol. The normalized spacial score (nSPS) is 21.5. The van der Waals surface area contributed by atoms with Crippen LogP contribution in [0, 0.1) is 3.57 Å². The van der Waals surface area contributed by atoms with Gasteiger partial charge in [-0.25, -0.2) is 9.97 Å². The summed E-state index contributed by atoms with van der Waals surface area (Å²) in [7, 11) is 2.15. The summed E-state index contributed by atoms with van der Waals surface area (Å²) in [4.78, 5) is 11.5. The van der Waals surface area contributed by atoms with E-state index in [-0.39, 0.29) is 0 Å². The molecule has 1 aliphatic rings. The molecule has 1 fully saturated rings. The predicted octanol–water partition coefficient (Wildman–Crippen LogP) is 2.23. The smallest absolute Gasteiger partial charge is 0.148 e. The minimum absolute atomic E-state index is 0.350. The standard InChI is InChI=1S/C11H17IN4S/c1-3-13-10-8(12)6-14-11(15-10)9-7-17-5-4-16(9)2/h6,9H,3-5,7H2,1-2H3,(H,13,14,15). The van der Waals surface area contributed by atoms with E-state index in [1.165, 1.54) is 5.75 Å². The van der Waals surface area contributed by atoms with Crippen molar-refractivity contribution in [3.8, 4) is 0 Å². The third-order valence-electron chi connectivity index (χ3n) is 2.80. The van der Waals surface area contributed by atoms with Gasteiger partial charge >= 0.3 is 0 Å². The first-order chi connectivity index (χ1) is 8.22. The average Bonchev–Trinajstić information content (AvgIpc) is 2.33. The third kappa shape index (κ3) is 3.23. The second-order valence-electron chi connectivity index (χ2n) is 4.03. The summed E-state index contributed by atoms with van der Waals surface area (Å²) >= 11 is 4.25. The number of thioether (sulfide) groups is 1. The van der Waals surface area contributed by atoms with Crippen molar-refractivity contribution < 1.29 is 0 Å². The number of nitrogens with zero attached hydrogens (tertiary/aromatic N) is 3. The molecule has 1 unspecified atom stereocenters. The highest BCUT2D eigenvalue weighted by Crippen LogP contribution is 2.27. The van der Waals surface area contributed by atoms with Gasteiger partial charge in [0.1, 0.15) is 11.6 Å². The van der Waals surface area contributed by atoms with E-state index in [4.69, 9.17) is 0 Å². The van der Waals surface area contributed by atoms with Crippen molar-refractivity contribution in [1.82, 2.24) is 14.9 Å². The monoisotopic (exact) mass is 364 g/mol. The molecule has 1 saturated heterocycles. The molecule has 0 aromatic carbocycles. The first kappa shape index (κ1) is 13.4. The lowest BCUT2D eigenvalue weighted by Crippen LogP contribution is -2.34. The fourth-order valence-corrected chi connectivity index (χ4v) is 3.45. The zero-order chi connectivity index (χ0) is 12.3. The third-order valence-corrected chi connectivity index (χ3v) is 4.61. The molecular weight excluding hydrogens is 347 g/mol. The van der Waals surface area contributed by atoms with Crippen LogP contribution in [0.15, 0.2) is 6.20 Å². The summed E-state index contributed by atoms with van der Waals surface area (Å²) < 4.78 is 1.08. The van der Waals surface area contributed by atoms with Crippen molar-refractivity contribution in [2.45, 2.75) is 13.0 Å². The number of nitrogens with one attached hydrogen (secondary N) is 1. The van der Waals surface area contributed by atoms with E-state index in [0.717, 1.165) is 34.1 Å². The molecule has 6 heteroatoms. The minimum atomic E-state index is 0.350. The van der Waals surface area contributed by atoms with Gasteiger partial charge < -0.3 is 5.32 Å². The van der Waals surface area contributed by atoms with Crippen LogP contribution in [0.3, 0.4) is 0 Å². The first-order valence-corrected chi connectivity index (χ1v) is 8.00. The van der Waals surface area contributed by atoms with Gasteiger partial charge in [-0.3, -0.25) is 4.90 Å². The van der Waals surface area contributed by atoms with E-state index in [9.17, 15) is 0 Å². The maximum Gasteiger partial charge on any atom is 0.148 e. The molecular formula is C11H17IN4S. The number of hydrogen-bond acceptors (Lipinski definition) is 5. The molecule has 1 aliphatic heterocycles. The molecule has 1 aromatic rings. The van der Waals surface area contributed by atoms with Gasteiger partial charge in [0, 0.05) is 30.8 Å². The Kier molecular flexibility index (Phi) is 4.87. The number of aromatic nitrogens is 2. The maximum absolute atomic E-state index is 4.65. The molecule has 17 heavy (non-hydrogen) atoms. The van der Waals surface area contributed by atoms with E-state index in [0.29, 0.717) is 6.04 Å². The largest absolute Gasteiger partial charge is 0.369 e. The van der Waals surface area contributed by atoms with Gasteiger partial charge in [0.15, 0.2) is 0 Å². The molecule has 0 bridgehead atoms. The second-order valence-corrected chi connectivity index (χ2v) is 6.34. The molecule has 1 atom stereocenters. The Morgan fingerprint density at radius 3 is 3.18 bits per heavy atom. The second kappa shape index (κ2) is 6.19. The minimum Gasteiger partial charge on any atom is -0.369 e. The molecule has 0 amide bonds. The van der Waals surface area contributed by atoms with Crippen LogP contribution in [0.2, 0.25) is 0 Å². The summed E-state index contributed by atoms with van der Waals surface area (Å²) in [6.07, 6.45) is 1.91. The van der Waals surface area contributed by atoms with Crippen LogP contribution in [0.5, 0.6) is 0 Å². The van der Waals surface area contributed by atoms with Crippen molar-refractivity contribution in [2.75, 3.05) is 37.0 Å². The van der Waals surface area contributed by atoms with Gasteiger partial charge in [0.2, 0.25) is 0 Å². The zero-order valence-electron chi connectivity index (χ0n) is 10.1. The van der Waals surface area contributed by atoms with Crippen LogP contribution in [0.25, 0.3) is 0 Å². The van der Waals surface area contributed by atoms with E-state index in [2.05, 4.69) is 56.7 Å². The van der Waals surface area contributed by atoms with E-state index < -0.39 is 0 Å². The van der Waals surface area contributed by atoms with Crippen LogP contribution in [-0.2, 0) is 0 Å². The van der Waals surface area contributed by atoms with Crippen LogP contribution in [0.1, 0.15) is 18.8 Å². The maximum atomic E-state index is 4.65. The summed E-state index contributed by atoms with van der Waals surface area (Å²) in [6, 6.07) is 0.350. The highest BCUT2D eigenvalue weighted by molar-refractivity contribution is 14.1. The highest BCUT2D eigenvalue weighted by Gasteiger charge is 2.24. The molecule has 2 heterocycles. The number of anilines is 1. The lowest BCUT2D eigenvalue weighted by atomic mass is 10.2. The van der Waals surface area contributed by atoms with Crippen LogP contribution < -0.4 is 5.32 Å². The van der Waals surface area contributed by atoms with Crippen LogP contribution >= 0.6 is 34.4 Å². The Balaban J connectivity index is 2.22. The molecule has 4 nitrogen and oxygen atoms in total. The summed E-state index contributed by atoms with van der Waals surface area (Å²) in [6.45, 7) is 4.09. The molecule has 94 valence electrons. The van der Waals surface area contributed by atoms with Crippen molar-refractivity contribution in [3.63, 3.8) is 0 Å². The van der Waals surface area contributed by atoms with Crippen molar-refractivity contribution in [1.29, 1.82) is 0 Å². The lowest BCUT2D eigenvalue weighted by molar-refractivity contribution is 0.264. The molecule has 1 aromatic heterocycles. The van der Waals surface area contributed by atoms with Crippen molar-refractivity contribution in [2.24, 2.45) is 0 Å². The molecule has 0 spiro atoms. The Hall–Kier alpha value is -0.0800. The molecule has 0 aliphatic carbocycles. The number of rotatable bonds is 3. The van der Waals surface area contributed by atoms with Gasteiger partial charge in [0.25, 0.3) is 0 Å². The first-order valence-electron chi connectivity index (χ1n) is 5.76. The van der Waals surface area contributed by atoms with E-state index >= 15 is 0 Å². The topological polar surface area (TPSA) is 41.1 Å². The Morgan fingerprint density at radius 1 is 1.65 bits per heavy atom. The van der Waals surface area contributed by atoms with Gasteiger partial charge in [-0.2, -0.15) is 11.8 Å².